The van der Waals surface area contributed by atoms with Crippen molar-refractivity contribution in [3.8, 4) is 16.9 Å². The van der Waals surface area contributed by atoms with E-state index in [4.69, 9.17) is 4.74 Å². The maximum Gasteiger partial charge on any atom is 0.407 e. The van der Waals surface area contributed by atoms with Crippen molar-refractivity contribution in [2.24, 2.45) is 0 Å². The second kappa shape index (κ2) is 8.29. The molecule has 1 atom stereocenters. The number of phenolic OH excluding ortho intramolecular Hbond substituents is 1. The normalized spacial score (nSPS) is 13.2. The van der Waals surface area contributed by atoms with E-state index in [9.17, 15) is 19.8 Å². The number of carboxylic acids is 1. The summed E-state index contributed by atoms with van der Waals surface area (Å²) in [6.07, 6.45) is -1.03. The van der Waals surface area contributed by atoms with Crippen LogP contribution in [-0.4, -0.2) is 28.9 Å². The Morgan fingerprint density at radius 3 is 2.17 bits per heavy atom. The molecule has 6 nitrogen and oxygen atoms in total. The number of rotatable bonds is 6. The topological polar surface area (TPSA) is 95.9 Å². The van der Waals surface area contributed by atoms with Gasteiger partial charge in [-0.3, -0.25) is 4.79 Å². The molecule has 3 aromatic rings. The standard InChI is InChI=1S/C24H21NO5/c26-16-7-5-6-15(12-16)22(13-23(27)28)25-24(29)30-14-21-19-10-3-1-8-17(19)18-9-2-4-11-20(18)21/h1-12,21-22,26H,13-14H2,(H,25,29)(H,27,28)/t22-/m1/s1. The average Bonchev–Trinajstić information content (AvgIpc) is 3.05. The number of fused-ring (bicyclic) bond motifs is 3. The van der Waals surface area contributed by atoms with Crippen molar-refractivity contribution in [1.29, 1.82) is 0 Å². The van der Waals surface area contributed by atoms with E-state index in [-0.39, 0.29) is 24.7 Å². The van der Waals surface area contributed by atoms with Crippen LogP contribution < -0.4 is 5.32 Å². The molecule has 0 heterocycles. The first kappa shape index (κ1) is 19.5. The van der Waals surface area contributed by atoms with Crippen LogP contribution in [-0.2, 0) is 9.53 Å². The van der Waals surface area contributed by atoms with Gasteiger partial charge in [0.15, 0.2) is 0 Å². The van der Waals surface area contributed by atoms with Gasteiger partial charge in [-0.05, 0) is 39.9 Å². The number of amides is 1. The number of hydrogen-bond donors (Lipinski definition) is 3. The van der Waals surface area contributed by atoms with Gasteiger partial charge in [-0.2, -0.15) is 0 Å². The van der Waals surface area contributed by atoms with E-state index in [1.54, 1.807) is 12.1 Å². The van der Waals surface area contributed by atoms with Crippen LogP contribution in [0.2, 0.25) is 0 Å². The number of ether oxygens (including phenoxy) is 1. The molecule has 6 heteroatoms. The van der Waals surface area contributed by atoms with Gasteiger partial charge in [-0.15, -0.1) is 0 Å². The molecule has 0 bridgehead atoms. The highest BCUT2D eigenvalue weighted by molar-refractivity contribution is 5.79. The molecule has 0 saturated heterocycles. The van der Waals surface area contributed by atoms with Crippen molar-refractivity contribution in [2.45, 2.75) is 18.4 Å². The summed E-state index contributed by atoms with van der Waals surface area (Å²) in [5, 5.41) is 21.5. The number of benzene rings is 3. The fourth-order valence-electron chi connectivity index (χ4n) is 3.95. The van der Waals surface area contributed by atoms with Crippen molar-refractivity contribution >= 4 is 12.1 Å². The molecule has 0 fully saturated rings. The SMILES string of the molecule is O=C(O)C[C@@H](NC(=O)OCC1c2ccccc2-c2ccccc21)c1cccc(O)c1. The molecule has 0 unspecified atom stereocenters. The summed E-state index contributed by atoms with van der Waals surface area (Å²) in [7, 11) is 0. The summed E-state index contributed by atoms with van der Waals surface area (Å²) in [6, 6.07) is 21.4. The van der Waals surface area contributed by atoms with E-state index in [1.165, 1.54) is 12.1 Å². The van der Waals surface area contributed by atoms with Crippen LogP contribution in [0.3, 0.4) is 0 Å². The number of carbonyl (C=O) groups is 2. The predicted octanol–water partition coefficient (Wildman–Crippen LogP) is 4.45. The monoisotopic (exact) mass is 403 g/mol. The van der Waals surface area contributed by atoms with Gasteiger partial charge in [0.05, 0.1) is 12.5 Å². The number of carboxylic acid groups (broad SMARTS) is 1. The van der Waals surface area contributed by atoms with Gasteiger partial charge in [0.25, 0.3) is 0 Å². The summed E-state index contributed by atoms with van der Waals surface area (Å²) in [5.41, 5.74) is 4.95. The maximum absolute atomic E-state index is 12.5. The Bertz CT molecular complexity index is 1050. The molecule has 1 amide bonds. The lowest BCUT2D eigenvalue weighted by Gasteiger charge is -2.19. The van der Waals surface area contributed by atoms with Crippen molar-refractivity contribution in [3.63, 3.8) is 0 Å². The van der Waals surface area contributed by atoms with Crippen molar-refractivity contribution in [2.75, 3.05) is 6.61 Å². The molecule has 4 rings (SSSR count). The summed E-state index contributed by atoms with van der Waals surface area (Å²) in [5.74, 6) is -1.15. The lowest BCUT2D eigenvalue weighted by atomic mass is 9.98. The van der Waals surface area contributed by atoms with E-state index in [1.807, 2.05) is 36.4 Å². The van der Waals surface area contributed by atoms with Gasteiger partial charge in [0, 0.05) is 5.92 Å². The highest BCUT2D eigenvalue weighted by Crippen LogP contribution is 2.44. The lowest BCUT2D eigenvalue weighted by Crippen LogP contribution is -2.31. The predicted molar refractivity (Wildman–Crippen MR) is 111 cm³/mol. The van der Waals surface area contributed by atoms with E-state index in [2.05, 4.69) is 17.4 Å². The number of phenols is 1. The Balaban J connectivity index is 1.48. The van der Waals surface area contributed by atoms with E-state index in [0.717, 1.165) is 22.3 Å². The van der Waals surface area contributed by atoms with Crippen LogP contribution in [0.4, 0.5) is 4.79 Å². The number of nitrogens with one attached hydrogen (secondary N) is 1. The number of carbonyl (C=O) groups excluding carboxylic acids is 1. The summed E-state index contributed by atoms with van der Waals surface area (Å²) in [6.45, 7) is 0.139. The molecular weight excluding hydrogens is 382 g/mol. The van der Waals surface area contributed by atoms with Crippen molar-refractivity contribution < 1.29 is 24.5 Å². The Kier molecular flexibility index (Phi) is 5.39. The maximum atomic E-state index is 12.5. The van der Waals surface area contributed by atoms with Crippen LogP contribution in [0, 0.1) is 0 Å². The second-order valence-corrected chi connectivity index (χ2v) is 7.22. The minimum atomic E-state index is -1.07. The van der Waals surface area contributed by atoms with Crippen LogP contribution in [0.5, 0.6) is 5.75 Å². The Hall–Kier alpha value is -3.80. The quantitative estimate of drug-likeness (QED) is 0.565. The molecule has 0 aliphatic heterocycles. The second-order valence-electron chi connectivity index (χ2n) is 7.22. The van der Waals surface area contributed by atoms with Crippen LogP contribution in [0.15, 0.2) is 72.8 Å². The van der Waals surface area contributed by atoms with E-state index >= 15 is 0 Å². The summed E-state index contributed by atoms with van der Waals surface area (Å²) < 4.78 is 5.50. The average molecular weight is 403 g/mol. The molecule has 1 aliphatic rings. The zero-order chi connectivity index (χ0) is 21.1. The highest BCUT2D eigenvalue weighted by Gasteiger charge is 2.29. The smallest absolute Gasteiger partial charge is 0.407 e. The number of hydrogen-bond acceptors (Lipinski definition) is 4. The molecule has 3 aromatic carbocycles. The van der Waals surface area contributed by atoms with Crippen LogP contribution in [0.25, 0.3) is 11.1 Å². The molecule has 0 saturated carbocycles. The molecule has 3 N–H and O–H groups in total. The molecule has 0 radical (unpaired) electrons. The van der Waals surface area contributed by atoms with Crippen LogP contribution in [0.1, 0.15) is 35.1 Å². The molecule has 1 aliphatic carbocycles. The first-order valence-electron chi connectivity index (χ1n) is 9.65. The summed E-state index contributed by atoms with van der Waals surface area (Å²) in [4.78, 5) is 23.7. The molecule has 152 valence electrons. The van der Waals surface area contributed by atoms with Gasteiger partial charge in [-0.25, -0.2) is 4.79 Å². The zero-order valence-electron chi connectivity index (χ0n) is 16.1. The van der Waals surface area contributed by atoms with Crippen LogP contribution >= 0.6 is 0 Å². The van der Waals surface area contributed by atoms with E-state index in [0.29, 0.717) is 5.56 Å². The first-order valence-corrected chi connectivity index (χ1v) is 9.65. The Labute approximate surface area is 173 Å². The third kappa shape index (κ3) is 3.98. The Morgan fingerprint density at radius 1 is 0.933 bits per heavy atom. The fourth-order valence-corrected chi connectivity index (χ4v) is 3.95. The number of aliphatic carboxylic acids is 1. The largest absolute Gasteiger partial charge is 0.508 e. The van der Waals surface area contributed by atoms with Crippen molar-refractivity contribution in [3.05, 3.63) is 89.5 Å². The number of aromatic hydroxyl groups is 1. The van der Waals surface area contributed by atoms with Gasteiger partial charge < -0.3 is 20.3 Å². The van der Waals surface area contributed by atoms with Gasteiger partial charge in [-0.1, -0.05) is 60.7 Å². The first-order chi connectivity index (χ1) is 14.5. The summed E-state index contributed by atoms with van der Waals surface area (Å²) >= 11 is 0. The van der Waals surface area contributed by atoms with Gasteiger partial charge >= 0.3 is 12.1 Å². The molecule has 0 spiro atoms. The molecule has 30 heavy (non-hydrogen) atoms. The third-order valence-corrected chi connectivity index (χ3v) is 5.29. The minimum absolute atomic E-state index is 0.00257. The fraction of sp³-hybridized carbons (Fsp3) is 0.167. The van der Waals surface area contributed by atoms with Gasteiger partial charge in [0.1, 0.15) is 12.4 Å². The Morgan fingerprint density at radius 2 is 1.57 bits per heavy atom. The highest BCUT2D eigenvalue weighted by atomic mass is 16.5. The molecular formula is C24H21NO5. The minimum Gasteiger partial charge on any atom is -0.508 e. The van der Waals surface area contributed by atoms with Gasteiger partial charge in [0.2, 0.25) is 0 Å². The third-order valence-electron chi connectivity index (χ3n) is 5.29. The number of alkyl carbamates (subject to hydrolysis) is 1. The molecule has 0 aromatic heterocycles. The van der Waals surface area contributed by atoms with Crippen molar-refractivity contribution in [1.82, 2.24) is 5.32 Å². The lowest BCUT2D eigenvalue weighted by molar-refractivity contribution is -0.137. The van der Waals surface area contributed by atoms with E-state index < -0.39 is 18.1 Å². The zero-order valence-corrected chi connectivity index (χ0v) is 16.1.